The number of thiophene rings is 1. The molecule has 6 nitrogen and oxygen atoms in total. The van der Waals surface area contributed by atoms with Crippen LogP contribution in [0.5, 0.6) is 0 Å². The highest BCUT2D eigenvalue weighted by molar-refractivity contribution is 7.25. The molecule has 3 aromatic heterocycles. The van der Waals surface area contributed by atoms with Crippen LogP contribution in [-0.4, -0.2) is 9.13 Å². The average Bonchev–Trinajstić information content (AvgIpc) is 1.57. The Kier molecular flexibility index (Phi) is 28.3. The summed E-state index contributed by atoms with van der Waals surface area (Å²) in [5.41, 5.74) is 39.7. The van der Waals surface area contributed by atoms with Gasteiger partial charge in [0.05, 0.1) is 22.1 Å². The zero-order valence-electron chi connectivity index (χ0n) is 82.0. The molecule has 0 N–H and O–H groups in total. The van der Waals surface area contributed by atoms with E-state index in [1.165, 1.54) is 232 Å². The van der Waals surface area contributed by atoms with Crippen molar-refractivity contribution in [2.45, 2.75) is 96.9 Å². The van der Waals surface area contributed by atoms with Crippen molar-refractivity contribution in [1.82, 2.24) is 9.13 Å². The average molecular weight is 1820 g/mol. The third-order valence-corrected chi connectivity index (χ3v) is 26.4. The van der Waals surface area contributed by atoms with Crippen molar-refractivity contribution in [3.05, 3.63) is 539 Å². The van der Waals surface area contributed by atoms with E-state index < -0.39 is 0 Å². The lowest BCUT2D eigenvalue weighted by molar-refractivity contribution is 1.17. The van der Waals surface area contributed by atoms with Gasteiger partial charge in [-0.3, -0.25) is 0 Å². The Morgan fingerprint density at radius 2 is 0.417 bits per heavy atom. The molecule has 3 heterocycles. The van der Waals surface area contributed by atoms with Crippen molar-refractivity contribution in [1.29, 1.82) is 0 Å². The molecule has 0 saturated carbocycles. The molecule has 0 aliphatic heterocycles. The lowest BCUT2D eigenvalue weighted by Gasteiger charge is -2.27. The first kappa shape index (κ1) is 93.1. The second-order valence-corrected chi connectivity index (χ2v) is 38.1. The number of nitrogens with zero attached hydrogens (tertiary/aromatic N) is 6. The van der Waals surface area contributed by atoms with Gasteiger partial charge in [0.1, 0.15) is 0 Å². The number of para-hydroxylation sites is 6. The molecule has 0 bridgehead atoms. The lowest BCUT2D eigenvalue weighted by atomic mass is 10.1. The number of rotatable bonds is 14. The molecule has 0 aliphatic carbocycles. The van der Waals surface area contributed by atoms with E-state index in [-0.39, 0.29) is 0 Å². The first-order valence-electron chi connectivity index (χ1n) is 48.1. The van der Waals surface area contributed by atoms with Gasteiger partial charge in [0.2, 0.25) is 0 Å². The summed E-state index contributed by atoms with van der Waals surface area (Å²) in [6.45, 7) is 30.1. The van der Waals surface area contributed by atoms with E-state index in [9.17, 15) is 0 Å². The maximum atomic E-state index is 2.40. The summed E-state index contributed by atoms with van der Waals surface area (Å²) >= 11 is 1.88. The lowest BCUT2D eigenvalue weighted by Crippen LogP contribution is -2.11. The fraction of sp³-hybridized carbons (Fsp3) is 0.106. The fourth-order valence-electron chi connectivity index (χ4n) is 19.3. The minimum absolute atomic E-state index is 1.17. The van der Waals surface area contributed by atoms with Gasteiger partial charge in [-0.05, 0) is 387 Å². The van der Waals surface area contributed by atoms with E-state index in [4.69, 9.17) is 0 Å². The van der Waals surface area contributed by atoms with Crippen LogP contribution >= 0.6 is 11.3 Å². The van der Waals surface area contributed by atoms with Crippen LogP contribution in [0.1, 0.15) is 77.9 Å². The van der Waals surface area contributed by atoms with Crippen LogP contribution in [0.25, 0.3) is 85.9 Å². The Morgan fingerprint density at radius 3 is 0.791 bits per heavy atom. The summed E-state index contributed by atoms with van der Waals surface area (Å²) in [4.78, 5) is 9.24. The highest BCUT2D eigenvalue weighted by Gasteiger charge is 2.22. The molecule has 23 rings (SSSR count). The molecule has 0 unspecified atom stereocenters. The first-order chi connectivity index (χ1) is 67.6. The molecular formula is C132H118N6S. The van der Waals surface area contributed by atoms with Crippen molar-refractivity contribution in [3.63, 3.8) is 0 Å². The van der Waals surface area contributed by atoms with Crippen LogP contribution in [0.3, 0.4) is 0 Å². The molecule has 0 aliphatic rings. The van der Waals surface area contributed by atoms with E-state index >= 15 is 0 Å². The smallest absolute Gasteiger partial charge is 0.0555 e. The van der Waals surface area contributed by atoms with E-state index in [1.54, 1.807) is 0 Å². The summed E-state index contributed by atoms with van der Waals surface area (Å²) < 4.78 is 7.48. The van der Waals surface area contributed by atoms with Crippen molar-refractivity contribution in [2.24, 2.45) is 0 Å². The number of fused-ring (bicyclic) bond motifs is 10. The largest absolute Gasteiger partial charge is 0.311 e. The highest BCUT2D eigenvalue weighted by atomic mass is 32.1. The van der Waals surface area contributed by atoms with Gasteiger partial charge in [0, 0.05) is 121 Å². The Morgan fingerprint density at radius 1 is 0.144 bits per heavy atom. The van der Waals surface area contributed by atoms with Crippen LogP contribution in [0.2, 0.25) is 0 Å². The molecule has 682 valence electrons. The zero-order valence-corrected chi connectivity index (χ0v) is 82.8. The Balaban J connectivity index is 0.000000111. The molecule has 23 aromatic rings. The molecule has 0 saturated heterocycles. The van der Waals surface area contributed by atoms with Crippen LogP contribution in [0, 0.1) is 96.9 Å². The van der Waals surface area contributed by atoms with Crippen LogP contribution in [0.15, 0.2) is 461 Å². The quantitative estimate of drug-likeness (QED) is 0.108. The normalized spacial score (nSPS) is 10.9. The zero-order chi connectivity index (χ0) is 96.2. The van der Waals surface area contributed by atoms with E-state index in [1.807, 2.05) is 35.6 Å². The number of aromatic nitrogens is 2. The van der Waals surface area contributed by atoms with Gasteiger partial charge in [-0.25, -0.2) is 0 Å². The number of hydrogen-bond acceptors (Lipinski definition) is 5. The van der Waals surface area contributed by atoms with Crippen molar-refractivity contribution < 1.29 is 0 Å². The Labute approximate surface area is 824 Å². The number of hydrogen-bond donors (Lipinski definition) is 0. The third-order valence-electron chi connectivity index (χ3n) is 25.3. The van der Waals surface area contributed by atoms with Gasteiger partial charge in [-0.15, -0.1) is 11.3 Å². The predicted molar refractivity (Wildman–Crippen MR) is 603 cm³/mol. The summed E-state index contributed by atoms with van der Waals surface area (Å²) in [6, 6.07) is 165. The molecule has 0 radical (unpaired) electrons. The van der Waals surface area contributed by atoms with Gasteiger partial charge >= 0.3 is 0 Å². The standard InChI is InChI=1S/C25H17NS.C23H17N.2C23H25N.2C19H17N/c1-16-7-6-8-17(13-16)26-22-11-4-2-9-18(22)20-14-21-19-10-3-5-12-24(19)27-25(21)15-23(20)26;1-16-7-6-10-19(13-16)24-22-12-5-4-11-20(22)21-14-17-8-2-3-9-18(17)15-23(21)24;1-16-6-8-21(9-7-16)24(22-12-17(2)10-18(3)13-22)23-14-19(4)11-20(5)15-23;1-16-7-6-8-21(11-16)24(22-12-17(2)9-18(3)13-22)23-14-19(4)10-20(5)15-23;1-16-9-8-14-19(15-16)20(17-10-4-2-5-11-17)18-12-6-3-7-13-18;1-16-12-14-19(15-13-16)20(17-8-4-2-5-9-17)18-10-6-3-7-11-18/h2-15H,1H3;2-15H,1H3;2*6-15H,1-5H3;2*2-15H,1H3. The Bertz CT molecular complexity index is 7970. The molecule has 20 aromatic carbocycles. The maximum Gasteiger partial charge on any atom is 0.0555 e. The highest BCUT2D eigenvalue weighted by Crippen LogP contribution is 2.45. The van der Waals surface area contributed by atoms with E-state index in [0.29, 0.717) is 0 Å². The topological polar surface area (TPSA) is 22.8 Å². The van der Waals surface area contributed by atoms with Crippen molar-refractivity contribution >= 4 is 154 Å². The van der Waals surface area contributed by atoms with Crippen LogP contribution in [-0.2, 0) is 0 Å². The minimum Gasteiger partial charge on any atom is -0.311 e. The fourth-order valence-corrected chi connectivity index (χ4v) is 20.4. The Hall–Kier alpha value is -16.3. The van der Waals surface area contributed by atoms with Crippen LogP contribution in [0.4, 0.5) is 68.2 Å². The number of anilines is 12. The van der Waals surface area contributed by atoms with Gasteiger partial charge in [0.15, 0.2) is 0 Å². The van der Waals surface area contributed by atoms with Gasteiger partial charge in [-0.2, -0.15) is 0 Å². The SMILES string of the molecule is Cc1ccc(N(c2cc(C)cc(C)c2)c2cc(C)cc(C)c2)cc1.Cc1ccc(N(c2ccccc2)c2ccccc2)cc1.Cc1cccc(-n2c3ccccc3c3cc4c(cc32)sc2ccccc24)c1.Cc1cccc(-n2c3ccccc3c3cc4ccccc4cc32)c1.Cc1cccc(N(c2cc(C)cc(C)c2)c2cc(C)cc(C)c2)c1.Cc1cccc(N(c2ccccc2)c2ccccc2)c1. The molecule has 0 spiro atoms. The molecule has 0 atom stereocenters. The summed E-state index contributed by atoms with van der Waals surface area (Å²) in [5, 5.41) is 10.5. The molecule has 0 fully saturated rings. The molecule has 7 heteroatoms. The minimum atomic E-state index is 1.17. The molecule has 0 amide bonds. The predicted octanol–water partition coefficient (Wildman–Crippen LogP) is 38.0. The number of aryl methyl sites for hydroxylation is 14. The first-order valence-corrected chi connectivity index (χ1v) is 48.9. The molecular weight excluding hydrogens is 1700 g/mol. The van der Waals surface area contributed by atoms with E-state index in [2.05, 4.69) is 562 Å². The maximum absolute atomic E-state index is 2.40. The van der Waals surface area contributed by atoms with Gasteiger partial charge < -0.3 is 28.7 Å². The summed E-state index contributed by atoms with van der Waals surface area (Å²) in [5.74, 6) is 0. The van der Waals surface area contributed by atoms with Gasteiger partial charge in [0.25, 0.3) is 0 Å². The monoisotopic (exact) mass is 1820 g/mol. The summed E-state index contributed by atoms with van der Waals surface area (Å²) in [7, 11) is 0. The van der Waals surface area contributed by atoms with Crippen LogP contribution < -0.4 is 19.6 Å². The van der Waals surface area contributed by atoms with Gasteiger partial charge in [-0.1, -0.05) is 260 Å². The van der Waals surface area contributed by atoms with E-state index in [0.717, 1.165) is 0 Å². The second-order valence-electron chi connectivity index (χ2n) is 37.0. The number of benzene rings is 20. The van der Waals surface area contributed by atoms with Crippen molar-refractivity contribution in [3.8, 4) is 11.4 Å². The summed E-state index contributed by atoms with van der Waals surface area (Å²) in [6.07, 6.45) is 0. The third kappa shape index (κ3) is 21.7. The second kappa shape index (κ2) is 42.3. The molecule has 139 heavy (non-hydrogen) atoms. The van der Waals surface area contributed by atoms with Crippen molar-refractivity contribution in [2.75, 3.05) is 19.6 Å².